The Bertz CT molecular complexity index is 304. The Labute approximate surface area is 85.9 Å². The Morgan fingerprint density at radius 2 is 2.57 bits per heavy atom. The van der Waals surface area contributed by atoms with Crippen LogP contribution in [0.15, 0.2) is 30.2 Å². The van der Waals surface area contributed by atoms with Gasteiger partial charge in [0.25, 0.3) is 0 Å². The normalized spacial score (nSPS) is 13.9. The molecule has 0 spiro atoms. The third-order valence-corrected chi connectivity index (χ3v) is 2.41. The van der Waals surface area contributed by atoms with Gasteiger partial charge in [0, 0.05) is 9.78 Å². The molecular weight excluding hydrogens is 202 g/mol. The highest BCUT2D eigenvalue weighted by Crippen LogP contribution is 2.20. The van der Waals surface area contributed by atoms with E-state index in [1.54, 1.807) is 6.08 Å². The second-order valence-corrected chi connectivity index (χ2v) is 3.49. The zero-order valence-electron chi connectivity index (χ0n) is 7.50. The first-order valence-electron chi connectivity index (χ1n) is 4.00. The zero-order valence-corrected chi connectivity index (χ0v) is 8.31. The van der Waals surface area contributed by atoms with Crippen LogP contribution in [0.25, 0.3) is 0 Å². The first-order valence-corrected chi connectivity index (χ1v) is 4.88. The molecule has 76 valence electrons. The predicted molar refractivity (Wildman–Crippen MR) is 54.7 cm³/mol. The Morgan fingerprint density at radius 1 is 1.79 bits per heavy atom. The van der Waals surface area contributed by atoms with E-state index in [1.807, 2.05) is 17.5 Å². The smallest absolute Gasteiger partial charge is 0.243 e. The van der Waals surface area contributed by atoms with Gasteiger partial charge in [-0.15, -0.1) is 17.9 Å². The minimum absolute atomic E-state index is 0.243. The van der Waals surface area contributed by atoms with Crippen LogP contribution < -0.4 is 0 Å². The highest BCUT2D eigenvalue weighted by molar-refractivity contribution is 7.10. The number of hydrogen-bond donors (Lipinski definition) is 1. The van der Waals surface area contributed by atoms with E-state index < -0.39 is 6.10 Å². The summed E-state index contributed by atoms with van der Waals surface area (Å²) in [5, 5.41) is 20.8. The van der Waals surface area contributed by atoms with Crippen molar-refractivity contribution < 1.29 is 14.8 Å². The molecule has 0 aliphatic rings. The molecule has 0 bridgehead atoms. The van der Waals surface area contributed by atoms with Crippen molar-refractivity contribution in [3.05, 3.63) is 40.3 Å². The fourth-order valence-corrected chi connectivity index (χ4v) is 1.67. The molecule has 0 radical (unpaired) electrons. The molecule has 0 saturated heterocycles. The molecule has 4 nitrogen and oxygen atoms in total. The van der Waals surface area contributed by atoms with Crippen LogP contribution in [0.1, 0.15) is 11.0 Å². The lowest BCUT2D eigenvalue weighted by Crippen LogP contribution is -2.10. The Kier molecular flexibility index (Phi) is 4.15. The average molecular weight is 213 g/mol. The van der Waals surface area contributed by atoms with Gasteiger partial charge in [-0.25, -0.2) is 0 Å². The highest BCUT2D eigenvalue weighted by Gasteiger charge is 2.14. The largest absolute Gasteiger partial charge is 0.418 e. The lowest BCUT2D eigenvalue weighted by atomic mass is 10.3. The topological polar surface area (TPSA) is 55.5 Å². The second kappa shape index (κ2) is 5.41. The Hall–Kier alpha value is -1.33. The number of thiophene rings is 1. The maximum Gasteiger partial charge on any atom is 0.243 e. The molecule has 5 heteroatoms. The van der Waals surface area contributed by atoms with Crippen LogP contribution in [-0.2, 0) is 4.74 Å². The lowest BCUT2D eigenvalue weighted by molar-refractivity contribution is -0.724. The first kappa shape index (κ1) is 10.7. The summed E-state index contributed by atoms with van der Waals surface area (Å²) < 4.78 is 5.28. The molecule has 0 aromatic carbocycles. The van der Waals surface area contributed by atoms with Crippen LogP contribution >= 0.6 is 11.3 Å². The molecule has 1 N–H and O–H groups in total. The SMILES string of the molecule is C=CCOC(/C=[N+](\[O-])O)c1cccs1. The molecule has 14 heavy (non-hydrogen) atoms. The van der Waals surface area contributed by atoms with Crippen molar-refractivity contribution in [1.29, 1.82) is 0 Å². The van der Waals surface area contributed by atoms with Crippen LogP contribution in [-0.4, -0.2) is 22.9 Å². The molecule has 0 fully saturated rings. The zero-order chi connectivity index (χ0) is 10.4. The monoisotopic (exact) mass is 213 g/mol. The minimum Gasteiger partial charge on any atom is -0.418 e. The van der Waals surface area contributed by atoms with Crippen molar-refractivity contribution in [1.82, 2.24) is 0 Å². The van der Waals surface area contributed by atoms with E-state index in [9.17, 15) is 5.21 Å². The minimum atomic E-state index is -0.518. The highest BCUT2D eigenvalue weighted by atomic mass is 32.1. The number of ether oxygens (including phenoxy) is 1. The lowest BCUT2D eigenvalue weighted by Gasteiger charge is -2.07. The van der Waals surface area contributed by atoms with E-state index in [0.717, 1.165) is 11.1 Å². The maximum atomic E-state index is 10.4. The molecule has 1 aromatic rings. The van der Waals surface area contributed by atoms with Gasteiger partial charge in [-0.1, -0.05) is 12.1 Å². The molecule has 1 heterocycles. The van der Waals surface area contributed by atoms with E-state index in [4.69, 9.17) is 9.94 Å². The van der Waals surface area contributed by atoms with E-state index in [1.165, 1.54) is 11.3 Å². The number of hydrogen-bond acceptors (Lipinski definition) is 4. The van der Waals surface area contributed by atoms with Crippen LogP contribution in [0, 0.1) is 5.21 Å². The van der Waals surface area contributed by atoms with Crippen LogP contribution in [0.4, 0.5) is 0 Å². The fraction of sp³-hybridized carbons (Fsp3) is 0.222. The fourth-order valence-electron chi connectivity index (χ4n) is 0.939. The molecule has 1 aromatic heterocycles. The van der Waals surface area contributed by atoms with Gasteiger partial charge in [0.2, 0.25) is 6.21 Å². The van der Waals surface area contributed by atoms with E-state index in [2.05, 4.69) is 6.58 Å². The maximum absolute atomic E-state index is 10.4. The summed E-state index contributed by atoms with van der Waals surface area (Å²) >= 11 is 1.46. The van der Waals surface area contributed by atoms with Crippen molar-refractivity contribution in [2.24, 2.45) is 0 Å². The molecule has 0 saturated carbocycles. The summed E-state index contributed by atoms with van der Waals surface area (Å²) in [6.07, 6.45) is 2.12. The van der Waals surface area contributed by atoms with Crippen LogP contribution in [0.2, 0.25) is 0 Å². The van der Waals surface area contributed by atoms with Crippen molar-refractivity contribution in [3.8, 4) is 0 Å². The van der Waals surface area contributed by atoms with E-state index >= 15 is 0 Å². The number of rotatable bonds is 5. The quantitative estimate of drug-likeness (QED) is 0.267. The average Bonchev–Trinajstić information content (AvgIpc) is 2.64. The van der Waals surface area contributed by atoms with Gasteiger partial charge in [0.05, 0.1) is 6.61 Å². The predicted octanol–water partition coefficient (Wildman–Crippen LogP) is 1.96. The summed E-state index contributed by atoms with van der Waals surface area (Å²) in [7, 11) is 0. The van der Waals surface area contributed by atoms with Crippen molar-refractivity contribution >= 4 is 17.6 Å². The van der Waals surface area contributed by atoms with Crippen molar-refractivity contribution in [2.45, 2.75) is 6.10 Å². The molecule has 0 amide bonds. The molecular formula is C9H11NO3S. The van der Waals surface area contributed by atoms with E-state index in [0.29, 0.717) is 6.61 Å². The number of nitrogens with zero attached hydrogens (tertiary/aromatic N) is 1. The summed E-state index contributed by atoms with van der Waals surface area (Å²) in [4.78, 5) is 0.620. The second-order valence-electron chi connectivity index (χ2n) is 2.51. The Morgan fingerprint density at radius 3 is 3.07 bits per heavy atom. The van der Waals surface area contributed by atoms with Gasteiger partial charge in [-0.2, -0.15) is 0 Å². The molecule has 1 rings (SSSR count). The molecule has 1 unspecified atom stereocenters. The summed E-state index contributed by atoms with van der Waals surface area (Å²) in [6, 6.07) is 3.68. The Balaban J connectivity index is 2.72. The van der Waals surface area contributed by atoms with Crippen molar-refractivity contribution in [2.75, 3.05) is 6.61 Å². The first-order chi connectivity index (χ1) is 6.74. The van der Waals surface area contributed by atoms with E-state index in [-0.39, 0.29) is 4.90 Å². The van der Waals surface area contributed by atoms with Gasteiger partial charge >= 0.3 is 0 Å². The summed E-state index contributed by atoms with van der Waals surface area (Å²) in [5.74, 6) is 0. The van der Waals surface area contributed by atoms with Gasteiger partial charge < -0.3 is 9.94 Å². The molecule has 0 aliphatic carbocycles. The summed E-state index contributed by atoms with van der Waals surface area (Å²) in [6.45, 7) is 3.83. The third kappa shape index (κ3) is 3.20. The molecule has 0 aliphatic heterocycles. The van der Waals surface area contributed by atoms with Gasteiger partial charge in [0.15, 0.2) is 6.10 Å². The summed E-state index contributed by atoms with van der Waals surface area (Å²) in [5.41, 5.74) is 0. The van der Waals surface area contributed by atoms with Crippen LogP contribution in [0.3, 0.4) is 0 Å². The van der Waals surface area contributed by atoms with Crippen molar-refractivity contribution in [3.63, 3.8) is 0 Å². The standard InChI is InChI=1S/C9H11NO3S/c1-2-5-13-8(7-10(11)12)9-4-3-6-14-9/h2-4,6-8H,1,5H2,(H,11,12). The van der Waals surface area contributed by atoms with Gasteiger partial charge in [-0.05, 0) is 11.4 Å². The van der Waals surface area contributed by atoms with Gasteiger partial charge in [-0.3, -0.25) is 5.21 Å². The molecule has 1 atom stereocenters. The third-order valence-electron chi connectivity index (χ3n) is 1.48. The van der Waals surface area contributed by atoms with Gasteiger partial charge in [0.1, 0.15) is 0 Å². The van der Waals surface area contributed by atoms with Crippen LogP contribution in [0.5, 0.6) is 0 Å².